The first-order valence-corrected chi connectivity index (χ1v) is 12.4. The third-order valence-electron chi connectivity index (χ3n) is 6.00. The Balaban J connectivity index is 1.34. The summed E-state index contributed by atoms with van der Waals surface area (Å²) in [6.07, 6.45) is 5.49. The van der Waals surface area contributed by atoms with E-state index in [-0.39, 0.29) is 30.8 Å². The summed E-state index contributed by atoms with van der Waals surface area (Å²) in [7, 11) is 1.36. The Morgan fingerprint density at radius 1 is 1.03 bits per heavy atom. The lowest BCUT2D eigenvalue weighted by molar-refractivity contribution is -0.139. The second-order valence-electron chi connectivity index (χ2n) is 8.76. The Bertz CT molecular complexity index is 1200. The van der Waals surface area contributed by atoms with Crippen LogP contribution in [0.5, 0.6) is 11.5 Å². The number of benzene rings is 2. The molecule has 1 N–H and O–H groups in total. The van der Waals surface area contributed by atoms with E-state index in [0.29, 0.717) is 24.8 Å². The molecule has 0 spiro atoms. The fourth-order valence-corrected chi connectivity index (χ4v) is 4.20. The summed E-state index contributed by atoms with van der Waals surface area (Å²) in [5, 5.41) is 2.84. The van der Waals surface area contributed by atoms with E-state index in [1.54, 1.807) is 6.20 Å². The highest BCUT2D eigenvalue weighted by Gasteiger charge is 2.24. The van der Waals surface area contributed by atoms with E-state index in [4.69, 9.17) is 9.47 Å². The molecule has 2 aromatic carbocycles. The van der Waals surface area contributed by atoms with E-state index in [9.17, 15) is 9.59 Å². The summed E-state index contributed by atoms with van der Waals surface area (Å²) >= 11 is 0. The minimum Gasteiger partial charge on any atom is -0.490 e. The lowest BCUT2D eigenvalue weighted by atomic mass is 10.1. The normalized spacial score (nSPS) is 15.1. The molecule has 1 atom stereocenters. The van der Waals surface area contributed by atoms with Gasteiger partial charge in [-0.05, 0) is 43.0 Å². The van der Waals surface area contributed by atoms with Gasteiger partial charge in [0.25, 0.3) is 0 Å². The van der Waals surface area contributed by atoms with Crippen molar-refractivity contribution >= 4 is 23.5 Å². The first kappa shape index (κ1) is 25.9. The number of rotatable bonds is 10. The van der Waals surface area contributed by atoms with Gasteiger partial charge < -0.3 is 24.4 Å². The topological polar surface area (TPSA) is 103 Å². The van der Waals surface area contributed by atoms with Crippen LogP contribution in [-0.4, -0.2) is 54.8 Å². The highest BCUT2D eigenvalue weighted by Crippen LogP contribution is 2.30. The van der Waals surface area contributed by atoms with Crippen LogP contribution in [0.4, 0.5) is 11.6 Å². The van der Waals surface area contributed by atoms with Gasteiger partial charge in [-0.15, -0.1) is 0 Å². The van der Waals surface area contributed by atoms with Crippen LogP contribution in [-0.2, 0) is 27.2 Å². The third kappa shape index (κ3) is 7.42. The molecule has 1 saturated heterocycles. The Kier molecular flexibility index (Phi) is 8.91. The van der Waals surface area contributed by atoms with Gasteiger partial charge in [-0.2, -0.15) is 0 Å². The summed E-state index contributed by atoms with van der Waals surface area (Å²) < 4.78 is 16.7. The molecule has 0 radical (unpaired) electrons. The van der Waals surface area contributed by atoms with Crippen molar-refractivity contribution in [2.45, 2.75) is 38.7 Å². The summed E-state index contributed by atoms with van der Waals surface area (Å²) in [5.74, 6) is 2.07. The highest BCUT2D eigenvalue weighted by atomic mass is 16.5. The summed E-state index contributed by atoms with van der Waals surface area (Å²) in [6, 6.07) is 15.0. The Morgan fingerprint density at radius 3 is 2.49 bits per heavy atom. The van der Waals surface area contributed by atoms with E-state index in [1.165, 1.54) is 13.3 Å². The van der Waals surface area contributed by atoms with E-state index in [2.05, 4.69) is 24.9 Å². The van der Waals surface area contributed by atoms with E-state index >= 15 is 0 Å². The lowest BCUT2D eigenvalue weighted by Crippen LogP contribution is -2.41. The molecule has 37 heavy (non-hydrogen) atoms. The molecule has 0 unspecified atom stereocenters. The first-order valence-electron chi connectivity index (χ1n) is 12.4. The SMILES string of the molecule is CCOc1ccccc1O[C@@H]1CCCN(c2cncc(NC(=O)Cc3ccc(CC(=O)OC)cc3)n2)C1. The molecule has 194 valence electrons. The molecule has 0 saturated carbocycles. The number of hydrogen-bond acceptors (Lipinski definition) is 8. The predicted molar refractivity (Wildman–Crippen MR) is 140 cm³/mol. The third-order valence-corrected chi connectivity index (χ3v) is 6.00. The fourth-order valence-electron chi connectivity index (χ4n) is 4.20. The van der Waals surface area contributed by atoms with Crippen LogP contribution in [0.3, 0.4) is 0 Å². The highest BCUT2D eigenvalue weighted by molar-refractivity contribution is 5.91. The van der Waals surface area contributed by atoms with Crippen molar-refractivity contribution in [2.75, 3.05) is 37.0 Å². The second kappa shape index (κ2) is 12.7. The molecule has 3 aromatic rings. The summed E-state index contributed by atoms with van der Waals surface area (Å²) in [4.78, 5) is 35.1. The second-order valence-corrected chi connectivity index (χ2v) is 8.76. The average molecular weight is 505 g/mol. The number of para-hydroxylation sites is 2. The van der Waals surface area contributed by atoms with Crippen molar-refractivity contribution in [2.24, 2.45) is 0 Å². The number of aromatic nitrogens is 2. The molecule has 1 aromatic heterocycles. The van der Waals surface area contributed by atoms with Crippen molar-refractivity contribution in [1.29, 1.82) is 0 Å². The van der Waals surface area contributed by atoms with Crippen molar-refractivity contribution in [1.82, 2.24) is 9.97 Å². The maximum Gasteiger partial charge on any atom is 0.309 e. The Hall–Kier alpha value is -4.14. The monoisotopic (exact) mass is 504 g/mol. The van der Waals surface area contributed by atoms with Crippen molar-refractivity contribution in [3.63, 3.8) is 0 Å². The van der Waals surface area contributed by atoms with Crippen molar-refractivity contribution in [3.05, 3.63) is 72.1 Å². The average Bonchev–Trinajstić information content (AvgIpc) is 2.91. The van der Waals surface area contributed by atoms with Crippen molar-refractivity contribution < 1.29 is 23.8 Å². The number of ether oxygens (including phenoxy) is 3. The molecule has 2 heterocycles. The number of carbonyl (C=O) groups is 2. The van der Waals surface area contributed by atoms with Gasteiger partial charge in [0.1, 0.15) is 11.9 Å². The van der Waals surface area contributed by atoms with Gasteiger partial charge in [0, 0.05) is 6.54 Å². The van der Waals surface area contributed by atoms with E-state index in [1.807, 2.05) is 55.5 Å². The maximum absolute atomic E-state index is 12.6. The number of hydrogen-bond donors (Lipinski definition) is 1. The predicted octanol–water partition coefficient (Wildman–Crippen LogP) is 3.82. The van der Waals surface area contributed by atoms with Crippen LogP contribution in [0, 0.1) is 0 Å². The van der Waals surface area contributed by atoms with Gasteiger partial charge in [-0.1, -0.05) is 36.4 Å². The fraction of sp³-hybridized carbons (Fsp3) is 0.357. The number of anilines is 2. The van der Waals surface area contributed by atoms with Crippen LogP contribution in [0.25, 0.3) is 0 Å². The lowest BCUT2D eigenvalue weighted by Gasteiger charge is -2.33. The zero-order valence-electron chi connectivity index (χ0n) is 21.2. The van der Waals surface area contributed by atoms with E-state index in [0.717, 1.165) is 42.0 Å². The van der Waals surface area contributed by atoms with Crippen LogP contribution in [0.1, 0.15) is 30.9 Å². The molecule has 9 heteroatoms. The maximum atomic E-state index is 12.6. The smallest absolute Gasteiger partial charge is 0.309 e. The standard InChI is InChI=1S/C28H32N4O5/c1-3-36-23-8-4-5-9-24(23)37-22-7-6-14-32(19-22)26-18-29-17-25(30-26)31-27(33)15-20-10-12-21(13-11-20)16-28(34)35-2/h4-5,8-13,17-18,22H,3,6-7,14-16,19H2,1-2H3,(H,30,31,33)/t22-/m1/s1. The number of nitrogens with zero attached hydrogens (tertiary/aromatic N) is 3. The minimum atomic E-state index is -0.300. The quantitative estimate of drug-likeness (QED) is 0.416. The largest absolute Gasteiger partial charge is 0.490 e. The molecule has 4 rings (SSSR count). The summed E-state index contributed by atoms with van der Waals surface area (Å²) in [5.41, 5.74) is 1.67. The number of methoxy groups -OCH3 is 1. The van der Waals surface area contributed by atoms with Crippen LogP contribution >= 0.6 is 0 Å². The number of nitrogens with one attached hydrogen (secondary N) is 1. The Labute approximate surface area is 216 Å². The summed E-state index contributed by atoms with van der Waals surface area (Å²) in [6.45, 7) is 4.01. The van der Waals surface area contributed by atoms with Gasteiger partial charge in [0.05, 0.1) is 45.5 Å². The molecule has 0 aliphatic carbocycles. The van der Waals surface area contributed by atoms with Gasteiger partial charge in [0.2, 0.25) is 5.91 Å². The molecular formula is C28H32N4O5. The van der Waals surface area contributed by atoms with Gasteiger partial charge in [0.15, 0.2) is 17.3 Å². The zero-order valence-corrected chi connectivity index (χ0v) is 21.2. The molecule has 9 nitrogen and oxygen atoms in total. The molecule has 0 bridgehead atoms. The van der Waals surface area contributed by atoms with Crippen LogP contribution in [0.2, 0.25) is 0 Å². The molecule has 1 amide bonds. The molecule has 1 aliphatic rings. The van der Waals surface area contributed by atoms with E-state index < -0.39 is 0 Å². The molecule has 1 fully saturated rings. The first-order chi connectivity index (χ1) is 18.0. The number of esters is 1. The number of carbonyl (C=O) groups excluding carboxylic acids is 2. The van der Waals surface area contributed by atoms with Crippen molar-refractivity contribution in [3.8, 4) is 11.5 Å². The number of piperidine rings is 1. The van der Waals surface area contributed by atoms with Gasteiger partial charge >= 0.3 is 5.97 Å². The molecule has 1 aliphatic heterocycles. The van der Waals surface area contributed by atoms with Gasteiger partial charge in [-0.3, -0.25) is 14.6 Å². The Morgan fingerprint density at radius 2 is 1.76 bits per heavy atom. The van der Waals surface area contributed by atoms with Crippen LogP contribution in [0.15, 0.2) is 60.9 Å². The number of amides is 1. The van der Waals surface area contributed by atoms with Crippen LogP contribution < -0.4 is 19.7 Å². The molecular weight excluding hydrogens is 472 g/mol. The zero-order chi connectivity index (χ0) is 26.0. The van der Waals surface area contributed by atoms with Gasteiger partial charge in [-0.25, -0.2) is 4.98 Å². The minimum absolute atomic E-state index is 0.0162.